The predicted molar refractivity (Wildman–Crippen MR) is 106 cm³/mol. The molecule has 6 nitrogen and oxygen atoms in total. The standard InChI is InChI=1S/C21H25N3O3/c1-14-10-15(2)20(16(3)11-14)23-6-8-24(9-7-23)21(25)22-17-4-5-18-19(12-17)27-13-26-18/h4-5,10-12H,6-9,13H2,1-3H3,(H,22,25). The molecule has 0 aliphatic carbocycles. The molecule has 2 aromatic carbocycles. The maximum atomic E-state index is 12.6. The molecular weight excluding hydrogens is 342 g/mol. The first-order chi connectivity index (χ1) is 13.0. The smallest absolute Gasteiger partial charge is 0.321 e. The van der Waals surface area contributed by atoms with Crippen LogP contribution < -0.4 is 19.7 Å². The first-order valence-corrected chi connectivity index (χ1v) is 9.29. The van der Waals surface area contributed by atoms with Crippen molar-refractivity contribution in [3.05, 3.63) is 47.0 Å². The Balaban J connectivity index is 1.38. The van der Waals surface area contributed by atoms with Gasteiger partial charge in [0.15, 0.2) is 11.5 Å². The summed E-state index contributed by atoms with van der Waals surface area (Å²) in [6.07, 6.45) is 0. The van der Waals surface area contributed by atoms with E-state index in [4.69, 9.17) is 9.47 Å². The number of rotatable bonds is 2. The van der Waals surface area contributed by atoms with Gasteiger partial charge >= 0.3 is 6.03 Å². The number of carbonyl (C=O) groups is 1. The van der Waals surface area contributed by atoms with Crippen LogP contribution in [0.4, 0.5) is 16.2 Å². The van der Waals surface area contributed by atoms with Gasteiger partial charge in [-0.2, -0.15) is 0 Å². The van der Waals surface area contributed by atoms with Gasteiger partial charge in [-0.25, -0.2) is 4.79 Å². The van der Waals surface area contributed by atoms with Crippen LogP contribution in [0.3, 0.4) is 0 Å². The molecule has 2 aromatic rings. The van der Waals surface area contributed by atoms with Crippen molar-refractivity contribution in [2.45, 2.75) is 20.8 Å². The van der Waals surface area contributed by atoms with Gasteiger partial charge in [-0.05, 0) is 44.0 Å². The molecule has 0 radical (unpaired) electrons. The number of amides is 2. The molecule has 0 unspecified atom stereocenters. The lowest BCUT2D eigenvalue weighted by Gasteiger charge is -2.37. The molecule has 0 spiro atoms. The van der Waals surface area contributed by atoms with E-state index in [0.717, 1.165) is 18.8 Å². The Kier molecular flexibility index (Phi) is 4.56. The van der Waals surface area contributed by atoms with Gasteiger partial charge in [0.05, 0.1) is 0 Å². The van der Waals surface area contributed by atoms with E-state index in [2.05, 4.69) is 43.1 Å². The molecule has 2 aliphatic heterocycles. The first kappa shape index (κ1) is 17.5. The summed E-state index contributed by atoms with van der Waals surface area (Å²) in [6, 6.07) is 9.82. The molecule has 1 saturated heterocycles. The molecule has 2 heterocycles. The summed E-state index contributed by atoms with van der Waals surface area (Å²) in [4.78, 5) is 16.9. The number of hydrogen-bond donors (Lipinski definition) is 1. The normalized spacial score (nSPS) is 15.8. The Hall–Kier alpha value is -2.89. The number of nitrogens with one attached hydrogen (secondary N) is 1. The second-order valence-electron chi connectivity index (χ2n) is 7.22. The fraction of sp³-hybridized carbons (Fsp3) is 0.381. The third kappa shape index (κ3) is 3.52. The summed E-state index contributed by atoms with van der Waals surface area (Å²) >= 11 is 0. The Morgan fingerprint density at radius 3 is 2.30 bits per heavy atom. The summed E-state index contributed by atoms with van der Waals surface area (Å²) in [5.41, 5.74) is 5.90. The van der Waals surface area contributed by atoms with Gasteiger partial charge in [0.1, 0.15) is 0 Å². The van der Waals surface area contributed by atoms with Crippen molar-refractivity contribution in [2.75, 3.05) is 43.2 Å². The van der Waals surface area contributed by atoms with Crippen molar-refractivity contribution in [1.29, 1.82) is 0 Å². The second kappa shape index (κ2) is 7.02. The predicted octanol–water partition coefficient (Wildman–Crippen LogP) is 3.69. The summed E-state index contributed by atoms with van der Waals surface area (Å²) in [5.74, 6) is 1.38. The van der Waals surface area contributed by atoms with Crippen LogP contribution in [0.25, 0.3) is 0 Å². The van der Waals surface area contributed by atoms with Crippen LogP contribution in [0, 0.1) is 20.8 Å². The Morgan fingerprint density at radius 1 is 0.926 bits per heavy atom. The van der Waals surface area contributed by atoms with Gasteiger partial charge in [0, 0.05) is 43.6 Å². The number of piperazine rings is 1. The van der Waals surface area contributed by atoms with Gasteiger partial charge in [-0.3, -0.25) is 0 Å². The molecule has 0 atom stereocenters. The zero-order valence-electron chi connectivity index (χ0n) is 16.0. The lowest BCUT2D eigenvalue weighted by Crippen LogP contribution is -2.50. The number of benzene rings is 2. The maximum Gasteiger partial charge on any atom is 0.321 e. The minimum Gasteiger partial charge on any atom is -0.454 e. The van der Waals surface area contributed by atoms with Gasteiger partial charge in [-0.15, -0.1) is 0 Å². The summed E-state index contributed by atoms with van der Waals surface area (Å²) in [7, 11) is 0. The maximum absolute atomic E-state index is 12.6. The van der Waals surface area contributed by atoms with Crippen LogP contribution in [0.2, 0.25) is 0 Å². The van der Waals surface area contributed by atoms with E-state index in [0.29, 0.717) is 24.6 Å². The minimum atomic E-state index is -0.0779. The number of anilines is 2. The van der Waals surface area contributed by atoms with E-state index < -0.39 is 0 Å². The van der Waals surface area contributed by atoms with Gasteiger partial charge in [0.2, 0.25) is 6.79 Å². The number of carbonyl (C=O) groups excluding carboxylic acids is 1. The number of fused-ring (bicyclic) bond motifs is 1. The van der Waals surface area contributed by atoms with E-state index in [1.54, 1.807) is 6.07 Å². The largest absolute Gasteiger partial charge is 0.454 e. The molecule has 4 rings (SSSR count). The molecule has 0 bridgehead atoms. The van der Waals surface area contributed by atoms with Crippen molar-refractivity contribution >= 4 is 17.4 Å². The lowest BCUT2D eigenvalue weighted by molar-refractivity contribution is 0.174. The average Bonchev–Trinajstić information content (AvgIpc) is 3.09. The van der Waals surface area contributed by atoms with E-state index in [1.807, 2.05) is 17.0 Å². The fourth-order valence-corrected chi connectivity index (χ4v) is 3.98. The number of ether oxygens (including phenoxy) is 2. The minimum absolute atomic E-state index is 0.0779. The van der Waals surface area contributed by atoms with Gasteiger partial charge in [0.25, 0.3) is 0 Å². The van der Waals surface area contributed by atoms with Gasteiger partial charge < -0.3 is 24.6 Å². The van der Waals surface area contributed by atoms with Crippen LogP contribution in [0.1, 0.15) is 16.7 Å². The molecule has 2 aliphatic rings. The summed E-state index contributed by atoms with van der Waals surface area (Å²) in [5, 5.41) is 2.96. The van der Waals surface area contributed by atoms with E-state index in [9.17, 15) is 4.79 Å². The molecule has 6 heteroatoms. The number of nitrogens with zero attached hydrogens (tertiary/aromatic N) is 2. The van der Waals surface area contributed by atoms with Crippen molar-refractivity contribution in [3.8, 4) is 11.5 Å². The molecule has 142 valence electrons. The van der Waals surface area contributed by atoms with Crippen LogP contribution in [-0.2, 0) is 0 Å². The topological polar surface area (TPSA) is 54.0 Å². The number of hydrogen-bond acceptors (Lipinski definition) is 4. The van der Waals surface area contributed by atoms with Crippen molar-refractivity contribution < 1.29 is 14.3 Å². The quantitative estimate of drug-likeness (QED) is 0.879. The molecule has 0 saturated carbocycles. The van der Waals surface area contributed by atoms with Crippen LogP contribution in [0.5, 0.6) is 11.5 Å². The zero-order chi connectivity index (χ0) is 19.0. The van der Waals surface area contributed by atoms with E-state index in [1.165, 1.54) is 22.4 Å². The fourth-order valence-electron chi connectivity index (χ4n) is 3.98. The van der Waals surface area contributed by atoms with Crippen molar-refractivity contribution in [3.63, 3.8) is 0 Å². The molecular formula is C21H25N3O3. The summed E-state index contributed by atoms with van der Waals surface area (Å²) < 4.78 is 10.7. The molecule has 1 N–H and O–H groups in total. The Bertz CT molecular complexity index is 850. The highest BCUT2D eigenvalue weighted by molar-refractivity contribution is 5.90. The highest BCUT2D eigenvalue weighted by Crippen LogP contribution is 2.34. The van der Waals surface area contributed by atoms with Crippen LogP contribution in [0.15, 0.2) is 30.3 Å². The Labute approximate surface area is 159 Å². The van der Waals surface area contributed by atoms with Gasteiger partial charge in [-0.1, -0.05) is 17.7 Å². The summed E-state index contributed by atoms with van der Waals surface area (Å²) in [6.45, 7) is 9.74. The Morgan fingerprint density at radius 2 is 1.59 bits per heavy atom. The lowest BCUT2D eigenvalue weighted by atomic mass is 10.0. The average molecular weight is 367 g/mol. The highest BCUT2D eigenvalue weighted by atomic mass is 16.7. The highest BCUT2D eigenvalue weighted by Gasteiger charge is 2.23. The van der Waals surface area contributed by atoms with Crippen molar-refractivity contribution in [2.24, 2.45) is 0 Å². The van der Waals surface area contributed by atoms with Crippen LogP contribution in [-0.4, -0.2) is 43.9 Å². The zero-order valence-corrected chi connectivity index (χ0v) is 16.0. The van der Waals surface area contributed by atoms with Crippen LogP contribution >= 0.6 is 0 Å². The van der Waals surface area contributed by atoms with E-state index >= 15 is 0 Å². The number of urea groups is 1. The second-order valence-corrected chi connectivity index (χ2v) is 7.22. The molecule has 1 fully saturated rings. The number of aryl methyl sites for hydroxylation is 3. The first-order valence-electron chi connectivity index (χ1n) is 9.29. The third-order valence-electron chi connectivity index (χ3n) is 5.14. The SMILES string of the molecule is Cc1cc(C)c(N2CCN(C(=O)Nc3ccc4c(c3)OCO4)CC2)c(C)c1. The molecule has 27 heavy (non-hydrogen) atoms. The monoisotopic (exact) mass is 367 g/mol. The molecule has 0 aromatic heterocycles. The van der Waals surface area contributed by atoms with E-state index in [-0.39, 0.29) is 12.8 Å². The third-order valence-corrected chi connectivity index (χ3v) is 5.14. The molecule has 2 amide bonds. The van der Waals surface area contributed by atoms with Crippen molar-refractivity contribution in [1.82, 2.24) is 4.90 Å².